The normalized spacial score (nSPS) is 16.5. The van der Waals surface area contributed by atoms with Crippen molar-refractivity contribution in [2.45, 2.75) is 18.3 Å². The van der Waals surface area contributed by atoms with Gasteiger partial charge in [-0.2, -0.15) is 0 Å². The van der Waals surface area contributed by atoms with Crippen LogP contribution in [0.2, 0.25) is 0 Å². The third-order valence-electron chi connectivity index (χ3n) is 3.42. The zero-order chi connectivity index (χ0) is 11.9. The fourth-order valence-electron chi connectivity index (χ4n) is 2.21. The Morgan fingerprint density at radius 1 is 1.35 bits per heavy atom. The molecule has 2 aromatic rings. The number of nitrogens with zero attached hydrogens (tertiary/aromatic N) is 1. The smallest absolute Gasteiger partial charge is 0.218 e. The topological polar surface area (TPSA) is 22.1 Å². The van der Waals surface area contributed by atoms with E-state index in [0.717, 1.165) is 29.3 Å². The third kappa shape index (κ3) is 1.47. The summed E-state index contributed by atoms with van der Waals surface area (Å²) in [5.74, 6) is 3.55. The number of hydrogen-bond donors (Lipinski definition) is 0. The number of aromatic nitrogens is 1. The van der Waals surface area contributed by atoms with E-state index in [0.29, 0.717) is 5.88 Å². The Balaban J connectivity index is 2.27. The fourth-order valence-corrected chi connectivity index (χ4v) is 2.21. The predicted molar refractivity (Wildman–Crippen MR) is 68.0 cm³/mol. The molecule has 3 rings (SSSR count). The average molecular weight is 223 g/mol. The Morgan fingerprint density at radius 3 is 2.76 bits per heavy atom. The van der Waals surface area contributed by atoms with E-state index in [4.69, 9.17) is 11.2 Å². The number of benzene rings is 1. The van der Waals surface area contributed by atoms with Crippen molar-refractivity contribution < 1.29 is 4.74 Å². The summed E-state index contributed by atoms with van der Waals surface area (Å²) in [5.41, 5.74) is 1.87. The standard InChI is InChI=1S/C15H13NO/c1-3-15(8-9-15)12-10-11-6-4-5-7-13(11)16-14(12)17-2/h1,4-7,10H,8-9H2,2H3. The van der Waals surface area contributed by atoms with Crippen LogP contribution >= 0.6 is 0 Å². The Morgan fingerprint density at radius 2 is 2.12 bits per heavy atom. The Labute approximate surface area is 101 Å². The van der Waals surface area contributed by atoms with Gasteiger partial charge in [0.25, 0.3) is 0 Å². The number of hydrogen-bond acceptors (Lipinski definition) is 2. The first kappa shape index (κ1) is 10.2. The summed E-state index contributed by atoms with van der Waals surface area (Å²) in [7, 11) is 1.65. The summed E-state index contributed by atoms with van der Waals surface area (Å²) in [5, 5.41) is 1.12. The van der Waals surface area contributed by atoms with Crippen LogP contribution in [0, 0.1) is 12.3 Å². The Bertz CT molecular complexity index is 620. The molecule has 1 saturated carbocycles. The number of rotatable bonds is 2. The summed E-state index contributed by atoms with van der Waals surface area (Å²) < 4.78 is 5.37. The van der Waals surface area contributed by atoms with E-state index < -0.39 is 0 Å². The second-order valence-corrected chi connectivity index (χ2v) is 4.46. The summed E-state index contributed by atoms with van der Waals surface area (Å²) in [6.45, 7) is 0. The molecular formula is C15H13NO. The van der Waals surface area contributed by atoms with Crippen molar-refractivity contribution in [3.63, 3.8) is 0 Å². The average Bonchev–Trinajstić information content (AvgIpc) is 3.18. The van der Waals surface area contributed by atoms with Crippen molar-refractivity contribution in [2.24, 2.45) is 0 Å². The molecular weight excluding hydrogens is 210 g/mol. The molecule has 0 atom stereocenters. The number of ether oxygens (including phenoxy) is 1. The third-order valence-corrected chi connectivity index (χ3v) is 3.42. The molecule has 1 aliphatic carbocycles. The van der Waals surface area contributed by atoms with Gasteiger partial charge in [0, 0.05) is 10.9 Å². The maximum Gasteiger partial charge on any atom is 0.218 e. The van der Waals surface area contributed by atoms with E-state index >= 15 is 0 Å². The lowest BCUT2D eigenvalue weighted by atomic mass is 9.96. The highest BCUT2D eigenvalue weighted by atomic mass is 16.5. The maximum atomic E-state index is 5.64. The molecule has 0 radical (unpaired) electrons. The van der Waals surface area contributed by atoms with Crippen LogP contribution in [0.4, 0.5) is 0 Å². The van der Waals surface area contributed by atoms with Crippen LogP contribution in [0.15, 0.2) is 30.3 Å². The van der Waals surface area contributed by atoms with E-state index in [1.807, 2.05) is 18.2 Å². The lowest BCUT2D eigenvalue weighted by molar-refractivity contribution is 0.392. The molecule has 0 amide bonds. The van der Waals surface area contributed by atoms with Crippen LogP contribution in [-0.2, 0) is 5.41 Å². The molecule has 17 heavy (non-hydrogen) atoms. The van der Waals surface area contributed by atoms with Crippen molar-refractivity contribution in [1.82, 2.24) is 4.98 Å². The Kier molecular flexibility index (Phi) is 2.09. The van der Waals surface area contributed by atoms with Crippen LogP contribution in [0.25, 0.3) is 10.9 Å². The first-order valence-corrected chi connectivity index (χ1v) is 5.71. The number of para-hydroxylation sites is 1. The zero-order valence-corrected chi connectivity index (χ0v) is 9.73. The molecule has 1 fully saturated rings. The minimum absolute atomic E-state index is 0.137. The van der Waals surface area contributed by atoms with Gasteiger partial charge in [0.05, 0.1) is 18.0 Å². The van der Waals surface area contributed by atoms with Crippen LogP contribution in [-0.4, -0.2) is 12.1 Å². The fraction of sp³-hybridized carbons (Fsp3) is 0.267. The van der Waals surface area contributed by atoms with Crippen LogP contribution < -0.4 is 4.74 Å². The quantitative estimate of drug-likeness (QED) is 0.730. The van der Waals surface area contributed by atoms with Crippen LogP contribution in [0.3, 0.4) is 0 Å². The summed E-state index contributed by atoms with van der Waals surface area (Å²) in [6, 6.07) is 10.1. The highest BCUT2D eigenvalue weighted by Gasteiger charge is 2.45. The molecule has 84 valence electrons. The van der Waals surface area contributed by atoms with Crippen molar-refractivity contribution >= 4 is 10.9 Å². The van der Waals surface area contributed by atoms with Gasteiger partial charge in [-0.05, 0) is 25.0 Å². The van der Waals surface area contributed by atoms with Crippen LogP contribution in [0.1, 0.15) is 18.4 Å². The number of fused-ring (bicyclic) bond motifs is 1. The largest absolute Gasteiger partial charge is 0.481 e. The maximum absolute atomic E-state index is 5.64. The van der Waals surface area contributed by atoms with Gasteiger partial charge in [0.1, 0.15) is 0 Å². The molecule has 0 unspecified atom stereocenters. The molecule has 1 aromatic carbocycles. The van der Waals surface area contributed by atoms with Crippen molar-refractivity contribution in [3.8, 4) is 18.2 Å². The molecule has 1 aromatic heterocycles. The first-order chi connectivity index (χ1) is 8.29. The molecule has 0 bridgehead atoms. The van der Waals surface area contributed by atoms with Gasteiger partial charge in [-0.15, -0.1) is 6.42 Å². The molecule has 2 nitrogen and oxygen atoms in total. The summed E-state index contributed by atoms with van der Waals surface area (Å²) in [6.07, 6.45) is 7.69. The van der Waals surface area contributed by atoms with E-state index in [1.54, 1.807) is 7.11 Å². The van der Waals surface area contributed by atoms with E-state index in [1.165, 1.54) is 0 Å². The lowest BCUT2D eigenvalue weighted by Crippen LogP contribution is -2.07. The summed E-state index contributed by atoms with van der Waals surface area (Å²) >= 11 is 0. The number of pyridine rings is 1. The van der Waals surface area contributed by atoms with Crippen molar-refractivity contribution in [2.75, 3.05) is 7.11 Å². The molecule has 0 aliphatic heterocycles. The van der Waals surface area contributed by atoms with Crippen molar-refractivity contribution in [1.29, 1.82) is 0 Å². The molecule has 1 heterocycles. The molecule has 0 N–H and O–H groups in total. The minimum Gasteiger partial charge on any atom is -0.481 e. The number of methoxy groups -OCH3 is 1. The lowest BCUT2D eigenvalue weighted by Gasteiger charge is -2.13. The minimum atomic E-state index is -0.137. The van der Waals surface area contributed by atoms with Gasteiger partial charge in [-0.3, -0.25) is 0 Å². The van der Waals surface area contributed by atoms with Crippen LogP contribution in [0.5, 0.6) is 5.88 Å². The highest BCUT2D eigenvalue weighted by Crippen LogP contribution is 2.50. The second kappa shape index (κ2) is 3.49. The van der Waals surface area contributed by atoms with Gasteiger partial charge in [-0.25, -0.2) is 4.98 Å². The van der Waals surface area contributed by atoms with E-state index in [9.17, 15) is 0 Å². The Hall–Kier alpha value is -2.01. The van der Waals surface area contributed by atoms with Gasteiger partial charge in [0.15, 0.2) is 0 Å². The SMILES string of the molecule is C#CC1(c2cc3ccccc3nc2OC)CC1. The molecule has 0 spiro atoms. The van der Waals surface area contributed by atoms with Crippen molar-refractivity contribution in [3.05, 3.63) is 35.9 Å². The predicted octanol–water partition coefficient (Wildman–Crippen LogP) is 2.91. The number of terminal acetylenes is 1. The molecule has 2 heteroatoms. The first-order valence-electron chi connectivity index (χ1n) is 5.71. The molecule has 0 saturated heterocycles. The van der Waals surface area contributed by atoms with E-state index in [-0.39, 0.29) is 5.41 Å². The van der Waals surface area contributed by atoms with Gasteiger partial charge >= 0.3 is 0 Å². The van der Waals surface area contributed by atoms with Gasteiger partial charge in [-0.1, -0.05) is 24.1 Å². The summed E-state index contributed by atoms with van der Waals surface area (Å²) in [4.78, 5) is 4.53. The van der Waals surface area contributed by atoms with E-state index in [2.05, 4.69) is 23.0 Å². The van der Waals surface area contributed by atoms with Gasteiger partial charge in [0.2, 0.25) is 5.88 Å². The van der Waals surface area contributed by atoms with Gasteiger partial charge < -0.3 is 4.74 Å². The molecule has 1 aliphatic rings. The zero-order valence-electron chi connectivity index (χ0n) is 9.73. The highest BCUT2D eigenvalue weighted by molar-refractivity contribution is 5.81. The second-order valence-electron chi connectivity index (χ2n) is 4.46. The monoisotopic (exact) mass is 223 g/mol.